The summed E-state index contributed by atoms with van der Waals surface area (Å²) in [4.78, 5) is 42.7. The minimum absolute atomic E-state index is 0.0664. The molecule has 90 valence electrons. The second-order valence-corrected chi connectivity index (χ2v) is 3.41. The van der Waals surface area contributed by atoms with Crippen LogP contribution in [-0.4, -0.2) is 45.2 Å². The van der Waals surface area contributed by atoms with Crippen LogP contribution < -0.4 is 5.32 Å². The van der Waals surface area contributed by atoms with Crippen molar-refractivity contribution < 1.29 is 29.4 Å². The number of carbonyl (C=O) groups is 4. The van der Waals surface area contributed by atoms with Gasteiger partial charge in [0.15, 0.2) is 0 Å². The van der Waals surface area contributed by atoms with Crippen LogP contribution in [0.25, 0.3) is 0 Å². The fourth-order valence-corrected chi connectivity index (χ4v) is 1.06. The number of carboxylic acids is 2. The van der Waals surface area contributed by atoms with E-state index >= 15 is 0 Å². The molecule has 16 heavy (non-hydrogen) atoms. The molecule has 8 heteroatoms. The lowest BCUT2D eigenvalue weighted by atomic mass is 10.2. The largest absolute Gasteiger partial charge is 0.479 e. The average Bonchev–Trinajstić information content (AvgIpc) is 2.21. The van der Waals surface area contributed by atoms with Gasteiger partial charge in [-0.15, -0.1) is 0 Å². The Kier molecular flexibility index (Phi) is 6.31. The Morgan fingerprint density at radius 1 is 1.06 bits per heavy atom. The quantitative estimate of drug-likeness (QED) is 0.425. The average molecular weight is 296 g/mol. The van der Waals surface area contributed by atoms with Crippen molar-refractivity contribution in [2.45, 2.75) is 18.9 Å². The van der Waals surface area contributed by atoms with Gasteiger partial charge < -0.3 is 15.5 Å². The highest BCUT2D eigenvalue weighted by Crippen LogP contribution is 1.96. The summed E-state index contributed by atoms with van der Waals surface area (Å²) in [5.41, 5.74) is 0. The van der Waals surface area contributed by atoms with Crippen molar-refractivity contribution in [3.05, 3.63) is 0 Å². The van der Waals surface area contributed by atoms with Crippen LogP contribution in [0.3, 0.4) is 0 Å². The van der Waals surface area contributed by atoms with E-state index in [0.29, 0.717) is 0 Å². The molecule has 0 radical (unpaired) electrons. The van der Waals surface area contributed by atoms with Crippen molar-refractivity contribution in [1.82, 2.24) is 5.32 Å². The fourth-order valence-electron chi connectivity index (χ4n) is 0.782. The van der Waals surface area contributed by atoms with E-state index in [-0.39, 0.29) is 24.0 Å². The van der Waals surface area contributed by atoms with Crippen LogP contribution in [0, 0.1) is 0 Å². The number of ketones is 1. The molecule has 0 aromatic carbocycles. The summed E-state index contributed by atoms with van der Waals surface area (Å²) in [6, 6.07) is -1.98. The molecule has 0 aliphatic rings. The van der Waals surface area contributed by atoms with Crippen LogP contribution in [-0.2, 0) is 19.2 Å². The Balaban J connectivity index is 4.16. The SMILES string of the molecule is O=C(CBr)CCC(=O)NC(C(=O)O)C(=O)O. The molecule has 0 heterocycles. The Morgan fingerprint density at radius 2 is 1.56 bits per heavy atom. The van der Waals surface area contributed by atoms with Crippen molar-refractivity contribution in [2.75, 3.05) is 5.33 Å². The molecular formula is C8H10BrNO6. The van der Waals surface area contributed by atoms with Crippen molar-refractivity contribution in [3.63, 3.8) is 0 Å². The zero-order valence-electron chi connectivity index (χ0n) is 8.10. The first-order chi connectivity index (χ1) is 7.38. The topological polar surface area (TPSA) is 121 Å². The van der Waals surface area contributed by atoms with Crippen LogP contribution >= 0.6 is 15.9 Å². The van der Waals surface area contributed by atoms with Crippen LogP contribution in [0.1, 0.15) is 12.8 Å². The second-order valence-electron chi connectivity index (χ2n) is 2.85. The second kappa shape index (κ2) is 6.94. The molecule has 7 nitrogen and oxygen atoms in total. The summed E-state index contributed by atoms with van der Waals surface area (Å²) in [5.74, 6) is -4.33. The predicted molar refractivity (Wildman–Crippen MR) is 55.2 cm³/mol. The molecule has 0 bridgehead atoms. The molecule has 0 rings (SSSR count). The highest BCUT2D eigenvalue weighted by Gasteiger charge is 2.27. The van der Waals surface area contributed by atoms with E-state index < -0.39 is 23.9 Å². The first-order valence-corrected chi connectivity index (χ1v) is 5.33. The summed E-state index contributed by atoms with van der Waals surface area (Å²) in [7, 11) is 0. The Bertz CT molecular complexity index is 302. The molecule has 0 aromatic rings. The van der Waals surface area contributed by atoms with Crippen LogP contribution in [0.2, 0.25) is 0 Å². The third kappa shape index (κ3) is 5.44. The van der Waals surface area contributed by atoms with Gasteiger partial charge in [-0.05, 0) is 0 Å². The molecule has 0 fully saturated rings. The zero-order valence-corrected chi connectivity index (χ0v) is 9.69. The number of Topliss-reactive ketones (excluding diaryl/α,β-unsaturated/α-hetero) is 1. The minimum atomic E-state index is -1.98. The summed E-state index contributed by atoms with van der Waals surface area (Å²) in [6.07, 6.45) is -0.301. The zero-order chi connectivity index (χ0) is 12.7. The van der Waals surface area contributed by atoms with E-state index in [4.69, 9.17) is 10.2 Å². The highest BCUT2D eigenvalue weighted by molar-refractivity contribution is 9.09. The Morgan fingerprint density at radius 3 is 1.94 bits per heavy atom. The summed E-state index contributed by atoms with van der Waals surface area (Å²) >= 11 is 2.89. The van der Waals surface area contributed by atoms with E-state index in [9.17, 15) is 19.2 Å². The number of alkyl halides is 1. The molecule has 0 spiro atoms. The number of carboxylic acid groups (broad SMARTS) is 2. The summed E-state index contributed by atoms with van der Waals surface area (Å²) in [5, 5.41) is 18.8. The molecule has 0 aliphatic carbocycles. The van der Waals surface area contributed by atoms with Gasteiger partial charge in [-0.25, -0.2) is 9.59 Å². The van der Waals surface area contributed by atoms with Gasteiger partial charge in [0.25, 0.3) is 0 Å². The first kappa shape index (κ1) is 14.6. The number of aliphatic carboxylic acids is 2. The van der Waals surface area contributed by atoms with Crippen molar-refractivity contribution in [3.8, 4) is 0 Å². The van der Waals surface area contributed by atoms with E-state index in [1.54, 1.807) is 5.32 Å². The smallest absolute Gasteiger partial charge is 0.338 e. The van der Waals surface area contributed by atoms with Gasteiger partial charge in [-0.3, -0.25) is 9.59 Å². The molecule has 0 saturated heterocycles. The Labute approximate surface area is 98.9 Å². The van der Waals surface area contributed by atoms with E-state index in [1.165, 1.54) is 0 Å². The highest BCUT2D eigenvalue weighted by atomic mass is 79.9. The van der Waals surface area contributed by atoms with E-state index in [2.05, 4.69) is 15.9 Å². The number of rotatable bonds is 7. The maximum atomic E-state index is 11.1. The molecule has 0 aromatic heterocycles. The first-order valence-electron chi connectivity index (χ1n) is 4.21. The molecular weight excluding hydrogens is 286 g/mol. The standard InChI is InChI=1S/C8H10BrNO6/c9-3-4(11)1-2-5(12)10-6(7(13)14)8(15)16/h6H,1-3H2,(H,10,12)(H,13,14)(H,15,16). The molecule has 0 atom stereocenters. The third-order valence-electron chi connectivity index (χ3n) is 1.58. The van der Waals surface area contributed by atoms with Crippen LogP contribution in [0.15, 0.2) is 0 Å². The number of amides is 1. The molecule has 0 saturated carbocycles. The molecule has 1 amide bonds. The number of hydrogen-bond donors (Lipinski definition) is 3. The van der Waals surface area contributed by atoms with Crippen LogP contribution in [0.4, 0.5) is 0 Å². The van der Waals surface area contributed by atoms with Crippen LogP contribution in [0.5, 0.6) is 0 Å². The maximum absolute atomic E-state index is 11.1. The number of nitrogens with one attached hydrogen (secondary N) is 1. The molecule has 3 N–H and O–H groups in total. The van der Waals surface area contributed by atoms with E-state index in [1.807, 2.05) is 0 Å². The van der Waals surface area contributed by atoms with Gasteiger partial charge in [0.1, 0.15) is 5.78 Å². The third-order valence-corrected chi connectivity index (χ3v) is 2.20. The molecule has 0 aliphatic heterocycles. The lowest BCUT2D eigenvalue weighted by Crippen LogP contribution is -2.46. The van der Waals surface area contributed by atoms with Crippen molar-refractivity contribution >= 4 is 39.6 Å². The Hall–Kier alpha value is -1.44. The number of hydrogen-bond acceptors (Lipinski definition) is 4. The molecule has 0 unspecified atom stereocenters. The van der Waals surface area contributed by atoms with Gasteiger partial charge in [0.2, 0.25) is 11.9 Å². The van der Waals surface area contributed by atoms with Crippen molar-refractivity contribution in [2.24, 2.45) is 0 Å². The number of carbonyl (C=O) groups excluding carboxylic acids is 2. The summed E-state index contributed by atoms with van der Waals surface area (Å²) < 4.78 is 0. The summed E-state index contributed by atoms with van der Waals surface area (Å²) in [6.45, 7) is 0. The lowest BCUT2D eigenvalue weighted by molar-refractivity contribution is -0.153. The lowest BCUT2D eigenvalue weighted by Gasteiger charge is -2.09. The van der Waals surface area contributed by atoms with Gasteiger partial charge in [0, 0.05) is 12.8 Å². The number of halogens is 1. The van der Waals surface area contributed by atoms with Crippen molar-refractivity contribution in [1.29, 1.82) is 0 Å². The normalized spacial score (nSPS) is 9.88. The van der Waals surface area contributed by atoms with E-state index in [0.717, 1.165) is 0 Å². The monoisotopic (exact) mass is 295 g/mol. The van der Waals surface area contributed by atoms with Gasteiger partial charge in [0.05, 0.1) is 5.33 Å². The van der Waals surface area contributed by atoms with Gasteiger partial charge in [-0.2, -0.15) is 0 Å². The van der Waals surface area contributed by atoms with Gasteiger partial charge >= 0.3 is 11.9 Å². The maximum Gasteiger partial charge on any atom is 0.338 e. The predicted octanol–water partition coefficient (Wildman–Crippen LogP) is -0.615. The minimum Gasteiger partial charge on any atom is -0.479 e. The fraction of sp³-hybridized carbons (Fsp3) is 0.500. The van der Waals surface area contributed by atoms with Gasteiger partial charge in [-0.1, -0.05) is 15.9 Å².